The summed E-state index contributed by atoms with van der Waals surface area (Å²) in [6, 6.07) is 5.23. The van der Waals surface area contributed by atoms with Crippen LogP contribution < -0.4 is 5.32 Å². The molecule has 0 saturated heterocycles. The van der Waals surface area contributed by atoms with Gasteiger partial charge in [0.1, 0.15) is 0 Å². The monoisotopic (exact) mass is 249 g/mol. The van der Waals surface area contributed by atoms with Gasteiger partial charge in [0.2, 0.25) is 0 Å². The van der Waals surface area contributed by atoms with Crippen molar-refractivity contribution >= 4 is 28.9 Å². The molecule has 1 atom stereocenters. The molecular weight excluding hydrogens is 237 g/mol. The van der Waals surface area contributed by atoms with E-state index in [1.807, 2.05) is 0 Å². The zero-order valence-corrected chi connectivity index (χ0v) is 9.85. The molecule has 0 aliphatic rings. The third-order valence-corrected chi connectivity index (χ3v) is 2.47. The number of halogens is 2. The van der Waals surface area contributed by atoms with Crippen molar-refractivity contribution in [2.24, 2.45) is 0 Å². The molecule has 3 nitrogen and oxygen atoms in total. The van der Waals surface area contributed by atoms with Gasteiger partial charge in [0.05, 0.1) is 28.4 Å². The van der Waals surface area contributed by atoms with Crippen LogP contribution in [0.25, 0.3) is 0 Å². The Morgan fingerprint density at radius 1 is 1.40 bits per heavy atom. The van der Waals surface area contributed by atoms with E-state index in [9.17, 15) is 5.11 Å². The Bertz CT molecular complexity index is 300. The molecule has 5 heteroatoms. The van der Waals surface area contributed by atoms with E-state index in [2.05, 4.69) is 5.32 Å². The number of para-hydroxylation sites is 1. The predicted molar refractivity (Wildman–Crippen MR) is 62.8 cm³/mol. The molecule has 0 radical (unpaired) electrons. The lowest BCUT2D eigenvalue weighted by Crippen LogP contribution is -2.24. The molecule has 1 rings (SSSR count). The van der Waals surface area contributed by atoms with Crippen LogP contribution in [0, 0.1) is 0 Å². The summed E-state index contributed by atoms with van der Waals surface area (Å²) in [5, 5.41) is 13.5. The van der Waals surface area contributed by atoms with Crippen LogP contribution in [0.5, 0.6) is 0 Å². The molecule has 0 fully saturated rings. The van der Waals surface area contributed by atoms with Gasteiger partial charge in [0, 0.05) is 13.7 Å². The fraction of sp³-hybridized carbons (Fsp3) is 0.400. The van der Waals surface area contributed by atoms with Crippen molar-refractivity contribution in [2.45, 2.75) is 6.10 Å². The van der Waals surface area contributed by atoms with E-state index in [4.69, 9.17) is 27.9 Å². The average Bonchev–Trinajstić information content (AvgIpc) is 2.17. The van der Waals surface area contributed by atoms with Crippen molar-refractivity contribution in [2.75, 3.05) is 25.6 Å². The molecule has 0 bridgehead atoms. The SMILES string of the molecule is COCC(O)CNc1c(Cl)cccc1Cl. The summed E-state index contributed by atoms with van der Waals surface area (Å²) >= 11 is 11.9. The number of benzene rings is 1. The van der Waals surface area contributed by atoms with Gasteiger partial charge in [-0.2, -0.15) is 0 Å². The second kappa shape index (κ2) is 6.18. The van der Waals surface area contributed by atoms with E-state index in [1.165, 1.54) is 7.11 Å². The highest BCUT2D eigenvalue weighted by atomic mass is 35.5. The minimum Gasteiger partial charge on any atom is -0.389 e. The maximum absolute atomic E-state index is 9.42. The van der Waals surface area contributed by atoms with Crippen molar-refractivity contribution in [1.82, 2.24) is 0 Å². The summed E-state index contributed by atoms with van der Waals surface area (Å²) < 4.78 is 4.80. The topological polar surface area (TPSA) is 41.5 Å². The Morgan fingerprint density at radius 2 is 2.00 bits per heavy atom. The number of ether oxygens (including phenoxy) is 1. The lowest BCUT2D eigenvalue weighted by atomic mass is 10.3. The number of aliphatic hydroxyl groups excluding tert-OH is 1. The molecule has 0 heterocycles. The molecule has 0 spiro atoms. The highest BCUT2D eigenvalue weighted by Crippen LogP contribution is 2.29. The summed E-state index contributed by atoms with van der Waals surface area (Å²) in [4.78, 5) is 0. The Hall–Kier alpha value is -0.480. The zero-order valence-electron chi connectivity index (χ0n) is 8.34. The molecule has 0 aliphatic carbocycles. The predicted octanol–water partition coefficient (Wildman–Crippen LogP) is 2.41. The Kier molecular flexibility index (Phi) is 5.19. The summed E-state index contributed by atoms with van der Waals surface area (Å²) in [5.41, 5.74) is 0.635. The summed E-state index contributed by atoms with van der Waals surface area (Å²) in [6.45, 7) is 0.617. The Balaban J connectivity index is 2.57. The molecule has 1 aromatic carbocycles. The van der Waals surface area contributed by atoms with Crippen LogP contribution in [0.2, 0.25) is 10.0 Å². The van der Waals surface area contributed by atoms with Crippen LogP contribution >= 0.6 is 23.2 Å². The third kappa shape index (κ3) is 3.87. The normalized spacial score (nSPS) is 12.5. The highest BCUT2D eigenvalue weighted by Gasteiger charge is 2.07. The van der Waals surface area contributed by atoms with Crippen LogP contribution in [0.1, 0.15) is 0 Å². The molecule has 15 heavy (non-hydrogen) atoms. The van der Waals surface area contributed by atoms with Gasteiger partial charge in [-0.1, -0.05) is 29.3 Å². The van der Waals surface area contributed by atoms with Gasteiger partial charge in [0.25, 0.3) is 0 Å². The van der Waals surface area contributed by atoms with Gasteiger partial charge in [-0.05, 0) is 12.1 Å². The summed E-state index contributed by atoms with van der Waals surface area (Å²) in [6.07, 6.45) is -0.581. The molecule has 0 aliphatic heterocycles. The first-order chi connectivity index (χ1) is 7.15. The zero-order chi connectivity index (χ0) is 11.3. The smallest absolute Gasteiger partial charge is 0.0945 e. The molecule has 0 saturated carbocycles. The van der Waals surface area contributed by atoms with E-state index in [1.54, 1.807) is 18.2 Å². The maximum atomic E-state index is 9.42. The quantitative estimate of drug-likeness (QED) is 0.843. The number of rotatable bonds is 5. The van der Waals surface area contributed by atoms with Crippen molar-refractivity contribution in [3.63, 3.8) is 0 Å². The molecule has 0 amide bonds. The first-order valence-electron chi connectivity index (χ1n) is 4.50. The summed E-state index contributed by atoms with van der Waals surface area (Å²) in [5.74, 6) is 0. The Labute approximate surface area is 99.0 Å². The van der Waals surface area contributed by atoms with Crippen LogP contribution in [0.4, 0.5) is 5.69 Å². The second-order valence-electron chi connectivity index (χ2n) is 3.09. The second-order valence-corrected chi connectivity index (χ2v) is 3.90. The number of hydrogen-bond donors (Lipinski definition) is 2. The van der Waals surface area contributed by atoms with E-state index in [-0.39, 0.29) is 6.61 Å². The molecule has 0 aromatic heterocycles. The van der Waals surface area contributed by atoms with Crippen molar-refractivity contribution < 1.29 is 9.84 Å². The third-order valence-electron chi connectivity index (χ3n) is 1.84. The average molecular weight is 250 g/mol. The van der Waals surface area contributed by atoms with Crippen LogP contribution in [-0.2, 0) is 4.74 Å². The largest absolute Gasteiger partial charge is 0.389 e. The van der Waals surface area contributed by atoms with E-state index >= 15 is 0 Å². The van der Waals surface area contributed by atoms with E-state index in [0.717, 1.165) is 0 Å². The first-order valence-corrected chi connectivity index (χ1v) is 5.25. The molecule has 1 unspecified atom stereocenters. The number of hydrogen-bond acceptors (Lipinski definition) is 3. The van der Waals surface area contributed by atoms with Gasteiger partial charge in [-0.25, -0.2) is 0 Å². The number of aliphatic hydroxyl groups is 1. The fourth-order valence-electron chi connectivity index (χ4n) is 1.14. The van der Waals surface area contributed by atoms with Crippen molar-refractivity contribution in [3.05, 3.63) is 28.2 Å². The van der Waals surface area contributed by atoms with Gasteiger partial charge in [0.15, 0.2) is 0 Å². The van der Waals surface area contributed by atoms with Crippen molar-refractivity contribution in [3.8, 4) is 0 Å². The van der Waals surface area contributed by atoms with Gasteiger partial charge >= 0.3 is 0 Å². The molecule has 2 N–H and O–H groups in total. The van der Waals surface area contributed by atoms with Crippen molar-refractivity contribution in [1.29, 1.82) is 0 Å². The van der Waals surface area contributed by atoms with E-state index in [0.29, 0.717) is 22.3 Å². The minimum atomic E-state index is -0.581. The standard InChI is InChI=1S/C10H13Cl2NO2/c1-15-6-7(14)5-13-10-8(11)3-2-4-9(10)12/h2-4,7,13-14H,5-6H2,1H3. The van der Waals surface area contributed by atoms with E-state index < -0.39 is 6.10 Å². The number of methoxy groups -OCH3 is 1. The van der Waals surface area contributed by atoms with Gasteiger partial charge in [-0.15, -0.1) is 0 Å². The summed E-state index contributed by atoms with van der Waals surface area (Å²) in [7, 11) is 1.53. The Morgan fingerprint density at radius 3 is 2.53 bits per heavy atom. The van der Waals surface area contributed by atoms with Gasteiger partial charge in [-0.3, -0.25) is 0 Å². The number of anilines is 1. The lowest BCUT2D eigenvalue weighted by molar-refractivity contribution is 0.0727. The number of nitrogens with one attached hydrogen (secondary N) is 1. The fourth-order valence-corrected chi connectivity index (χ4v) is 1.67. The molecule has 1 aromatic rings. The van der Waals surface area contributed by atoms with Crippen LogP contribution in [0.3, 0.4) is 0 Å². The molecule has 84 valence electrons. The maximum Gasteiger partial charge on any atom is 0.0945 e. The highest BCUT2D eigenvalue weighted by molar-refractivity contribution is 6.39. The van der Waals surface area contributed by atoms with Gasteiger partial charge < -0.3 is 15.2 Å². The first kappa shape index (κ1) is 12.6. The molecular formula is C10H13Cl2NO2. The van der Waals surface area contributed by atoms with Crippen LogP contribution in [0.15, 0.2) is 18.2 Å². The minimum absolute atomic E-state index is 0.273. The lowest BCUT2D eigenvalue weighted by Gasteiger charge is -2.13. The van der Waals surface area contributed by atoms with Crippen LogP contribution in [-0.4, -0.2) is 31.5 Å².